The summed E-state index contributed by atoms with van der Waals surface area (Å²) in [5.41, 5.74) is 0.235. The number of carbonyl (C=O) groups excluding carboxylic acids is 2. The number of hydrogen-bond donors (Lipinski definition) is 1. The number of amides is 1. The van der Waals surface area contributed by atoms with Crippen LogP contribution in [0.1, 0.15) is 31.1 Å². The minimum absolute atomic E-state index is 0.00575. The topological polar surface area (TPSA) is 64.6 Å². The number of nitrogens with one attached hydrogen (secondary N) is 1. The smallest absolute Gasteiger partial charge is 0.260 e. The highest BCUT2D eigenvalue weighted by molar-refractivity contribution is 6.31. The normalized spacial score (nSPS) is 11.9. The first kappa shape index (κ1) is 16.3. The Kier molecular flexibility index (Phi) is 5.82. The van der Waals surface area contributed by atoms with Gasteiger partial charge in [-0.2, -0.15) is 0 Å². The molecular weight excluding hydrogens is 282 g/mol. The van der Waals surface area contributed by atoms with Gasteiger partial charge in [0.1, 0.15) is 0 Å². The first-order valence-corrected chi connectivity index (χ1v) is 6.56. The van der Waals surface area contributed by atoms with Gasteiger partial charge in [-0.25, -0.2) is 0 Å². The molecule has 1 amide bonds. The highest BCUT2D eigenvalue weighted by Gasteiger charge is 2.20. The van der Waals surface area contributed by atoms with Crippen molar-refractivity contribution in [2.24, 2.45) is 0 Å². The van der Waals surface area contributed by atoms with Crippen LogP contribution in [0.25, 0.3) is 0 Å². The highest BCUT2D eigenvalue weighted by Crippen LogP contribution is 2.34. The molecule has 1 aromatic carbocycles. The second-order valence-corrected chi connectivity index (χ2v) is 5.00. The standard InChI is InChI=1S/C14H18ClNO4/c1-8(2)16-14(18)9(3)20-13-10(7-17)5-11(15)6-12(13)19-4/h5-9H,1-4H3,(H,16,18). The van der Waals surface area contributed by atoms with Crippen LogP contribution in [0.15, 0.2) is 12.1 Å². The van der Waals surface area contributed by atoms with E-state index in [0.717, 1.165) is 0 Å². The molecule has 0 saturated heterocycles. The quantitative estimate of drug-likeness (QED) is 0.820. The number of methoxy groups -OCH3 is 1. The number of aldehydes is 1. The van der Waals surface area contributed by atoms with Crippen molar-refractivity contribution in [3.63, 3.8) is 0 Å². The highest BCUT2D eigenvalue weighted by atomic mass is 35.5. The Labute approximate surface area is 123 Å². The number of rotatable bonds is 6. The van der Waals surface area contributed by atoms with Crippen molar-refractivity contribution >= 4 is 23.8 Å². The molecule has 0 heterocycles. The average Bonchev–Trinajstić information content (AvgIpc) is 2.38. The van der Waals surface area contributed by atoms with E-state index in [0.29, 0.717) is 17.1 Å². The van der Waals surface area contributed by atoms with Gasteiger partial charge in [0.2, 0.25) is 0 Å². The molecule has 1 N–H and O–H groups in total. The molecule has 6 heteroatoms. The van der Waals surface area contributed by atoms with Crippen LogP contribution in [0.5, 0.6) is 11.5 Å². The van der Waals surface area contributed by atoms with E-state index in [-0.39, 0.29) is 23.3 Å². The summed E-state index contributed by atoms with van der Waals surface area (Å²) in [5, 5.41) is 3.09. The Morgan fingerprint density at radius 1 is 1.35 bits per heavy atom. The summed E-state index contributed by atoms with van der Waals surface area (Å²) in [5.74, 6) is 0.246. The first-order chi connectivity index (χ1) is 9.38. The summed E-state index contributed by atoms with van der Waals surface area (Å²) < 4.78 is 10.7. The van der Waals surface area contributed by atoms with Gasteiger partial charge in [-0.15, -0.1) is 0 Å². The van der Waals surface area contributed by atoms with Crippen LogP contribution in [0.3, 0.4) is 0 Å². The molecular formula is C14H18ClNO4. The van der Waals surface area contributed by atoms with Crippen molar-refractivity contribution in [1.29, 1.82) is 0 Å². The number of carbonyl (C=O) groups is 2. The molecule has 0 aromatic heterocycles. The molecule has 0 aliphatic heterocycles. The van der Waals surface area contributed by atoms with Gasteiger partial charge in [0.25, 0.3) is 5.91 Å². The fourth-order valence-corrected chi connectivity index (χ4v) is 1.80. The van der Waals surface area contributed by atoms with E-state index in [9.17, 15) is 9.59 Å². The fourth-order valence-electron chi connectivity index (χ4n) is 1.59. The maximum absolute atomic E-state index is 11.8. The van der Waals surface area contributed by atoms with Crippen molar-refractivity contribution in [3.8, 4) is 11.5 Å². The summed E-state index contributed by atoms with van der Waals surface area (Å²) in [6, 6.07) is 2.99. The lowest BCUT2D eigenvalue weighted by Gasteiger charge is -2.19. The van der Waals surface area contributed by atoms with E-state index in [1.807, 2.05) is 13.8 Å². The van der Waals surface area contributed by atoms with E-state index >= 15 is 0 Å². The zero-order valence-corrected chi connectivity index (χ0v) is 12.7. The van der Waals surface area contributed by atoms with E-state index in [4.69, 9.17) is 21.1 Å². The van der Waals surface area contributed by atoms with Crippen LogP contribution in [-0.2, 0) is 4.79 Å². The van der Waals surface area contributed by atoms with Gasteiger partial charge in [-0.3, -0.25) is 9.59 Å². The van der Waals surface area contributed by atoms with E-state index in [1.54, 1.807) is 6.92 Å². The fraction of sp³-hybridized carbons (Fsp3) is 0.429. The molecule has 0 fully saturated rings. The number of halogens is 1. The zero-order chi connectivity index (χ0) is 15.3. The molecule has 1 unspecified atom stereocenters. The molecule has 0 aliphatic rings. The molecule has 1 rings (SSSR count). The maximum Gasteiger partial charge on any atom is 0.260 e. The third kappa shape index (κ3) is 4.13. The predicted octanol–water partition coefficient (Wildman–Crippen LogP) is 2.45. The summed E-state index contributed by atoms with van der Waals surface area (Å²) in [7, 11) is 1.44. The number of ether oxygens (including phenoxy) is 2. The van der Waals surface area contributed by atoms with E-state index in [1.165, 1.54) is 19.2 Å². The van der Waals surface area contributed by atoms with Gasteiger partial charge < -0.3 is 14.8 Å². The summed E-state index contributed by atoms with van der Waals surface area (Å²) in [6.07, 6.45) is -0.150. The van der Waals surface area contributed by atoms with Gasteiger partial charge in [-0.1, -0.05) is 11.6 Å². The van der Waals surface area contributed by atoms with Gasteiger partial charge in [0.05, 0.1) is 12.7 Å². The second kappa shape index (κ2) is 7.14. The zero-order valence-electron chi connectivity index (χ0n) is 11.9. The molecule has 0 spiro atoms. The molecule has 0 saturated carbocycles. The molecule has 110 valence electrons. The van der Waals surface area contributed by atoms with Crippen LogP contribution in [0.4, 0.5) is 0 Å². The number of hydrogen-bond acceptors (Lipinski definition) is 4. The third-order valence-corrected chi connectivity index (χ3v) is 2.71. The average molecular weight is 300 g/mol. The molecule has 20 heavy (non-hydrogen) atoms. The van der Waals surface area contributed by atoms with E-state index in [2.05, 4.69) is 5.32 Å². The molecule has 0 bridgehead atoms. The molecule has 5 nitrogen and oxygen atoms in total. The summed E-state index contributed by atoms with van der Waals surface area (Å²) in [4.78, 5) is 22.9. The Bertz CT molecular complexity index is 502. The van der Waals surface area contributed by atoms with Crippen molar-refractivity contribution in [2.75, 3.05) is 7.11 Å². The molecule has 1 atom stereocenters. The Hall–Kier alpha value is -1.75. The van der Waals surface area contributed by atoms with Crippen LogP contribution in [-0.4, -0.2) is 31.4 Å². The van der Waals surface area contributed by atoms with Crippen molar-refractivity contribution in [2.45, 2.75) is 32.9 Å². The lowest BCUT2D eigenvalue weighted by molar-refractivity contribution is -0.127. The predicted molar refractivity (Wildman–Crippen MR) is 76.8 cm³/mol. The number of benzene rings is 1. The first-order valence-electron chi connectivity index (χ1n) is 6.18. The molecule has 0 radical (unpaired) electrons. The van der Waals surface area contributed by atoms with Crippen LogP contribution in [0.2, 0.25) is 5.02 Å². The van der Waals surface area contributed by atoms with Crippen LogP contribution in [0, 0.1) is 0 Å². The SMILES string of the molecule is COc1cc(Cl)cc(C=O)c1OC(C)C(=O)NC(C)C. The van der Waals surface area contributed by atoms with Gasteiger partial charge in [0.15, 0.2) is 23.9 Å². The third-order valence-electron chi connectivity index (χ3n) is 2.49. The van der Waals surface area contributed by atoms with Gasteiger partial charge >= 0.3 is 0 Å². The Morgan fingerprint density at radius 2 is 2.00 bits per heavy atom. The largest absolute Gasteiger partial charge is 0.493 e. The van der Waals surface area contributed by atoms with Crippen molar-refractivity contribution in [1.82, 2.24) is 5.32 Å². The van der Waals surface area contributed by atoms with Gasteiger partial charge in [0, 0.05) is 17.1 Å². The summed E-state index contributed by atoms with van der Waals surface area (Å²) in [6.45, 7) is 5.30. The lowest BCUT2D eigenvalue weighted by atomic mass is 10.2. The van der Waals surface area contributed by atoms with Crippen molar-refractivity contribution < 1.29 is 19.1 Å². The second-order valence-electron chi connectivity index (χ2n) is 4.57. The lowest BCUT2D eigenvalue weighted by Crippen LogP contribution is -2.40. The van der Waals surface area contributed by atoms with E-state index < -0.39 is 6.10 Å². The monoisotopic (exact) mass is 299 g/mol. The minimum atomic E-state index is -0.758. The summed E-state index contributed by atoms with van der Waals surface area (Å²) >= 11 is 5.87. The minimum Gasteiger partial charge on any atom is -0.493 e. The van der Waals surface area contributed by atoms with Crippen LogP contribution < -0.4 is 14.8 Å². The molecule has 1 aromatic rings. The van der Waals surface area contributed by atoms with Crippen molar-refractivity contribution in [3.05, 3.63) is 22.7 Å². The van der Waals surface area contributed by atoms with Crippen LogP contribution >= 0.6 is 11.6 Å². The Balaban J connectivity index is 3.01. The maximum atomic E-state index is 11.8. The molecule has 0 aliphatic carbocycles. The van der Waals surface area contributed by atoms with Gasteiger partial charge in [-0.05, 0) is 26.8 Å². The Morgan fingerprint density at radius 3 is 2.50 bits per heavy atom.